The van der Waals surface area contributed by atoms with Crippen LogP contribution in [0.2, 0.25) is 0 Å². The van der Waals surface area contributed by atoms with Crippen LogP contribution in [-0.2, 0) is 4.79 Å². The number of aryl methyl sites for hydroxylation is 1. The third-order valence-electron chi connectivity index (χ3n) is 2.54. The first-order valence-electron chi connectivity index (χ1n) is 5.08. The lowest BCUT2D eigenvalue weighted by molar-refractivity contribution is -0.122. The van der Waals surface area contributed by atoms with Gasteiger partial charge in [0.1, 0.15) is 12.4 Å². The molecule has 0 heterocycles. The highest BCUT2D eigenvalue weighted by molar-refractivity contribution is 9.10. The van der Waals surface area contributed by atoms with Gasteiger partial charge in [-0.1, -0.05) is 15.9 Å². The first-order chi connectivity index (χ1) is 7.16. The van der Waals surface area contributed by atoms with Gasteiger partial charge in [0.05, 0.1) is 0 Å². The fraction of sp³-hybridized carbons (Fsp3) is 0.417. The van der Waals surface area contributed by atoms with E-state index in [1.54, 1.807) is 0 Å². The SMILES string of the molecule is Cc1cc(OCC(=O)C2CC2)ccc1Br. The smallest absolute Gasteiger partial charge is 0.173 e. The lowest BCUT2D eigenvalue weighted by Crippen LogP contribution is -2.12. The summed E-state index contributed by atoms with van der Waals surface area (Å²) in [6.45, 7) is 2.21. The molecule has 0 radical (unpaired) electrons. The molecule has 0 saturated heterocycles. The van der Waals surface area contributed by atoms with Crippen molar-refractivity contribution in [2.24, 2.45) is 5.92 Å². The van der Waals surface area contributed by atoms with Gasteiger partial charge in [-0.15, -0.1) is 0 Å². The van der Waals surface area contributed by atoms with Crippen LogP contribution in [0.25, 0.3) is 0 Å². The molecule has 2 nitrogen and oxygen atoms in total. The number of ether oxygens (including phenoxy) is 1. The van der Waals surface area contributed by atoms with Crippen LogP contribution >= 0.6 is 15.9 Å². The number of halogens is 1. The molecule has 1 aliphatic rings. The minimum Gasteiger partial charge on any atom is -0.486 e. The molecule has 1 saturated carbocycles. The fourth-order valence-corrected chi connectivity index (χ4v) is 1.63. The maximum Gasteiger partial charge on any atom is 0.173 e. The van der Waals surface area contributed by atoms with Gasteiger partial charge in [0.25, 0.3) is 0 Å². The van der Waals surface area contributed by atoms with Gasteiger partial charge in [-0.2, -0.15) is 0 Å². The standard InChI is InChI=1S/C12H13BrO2/c1-8-6-10(4-5-11(8)13)15-7-12(14)9-2-3-9/h4-6,9H,2-3,7H2,1H3. The quantitative estimate of drug-likeness (QED) is 0.839. The van der Waals surface area contributed by atoms with Crippen molar-refractivity contribution in [1.29, 1.82) is 0 Å². The van der Waals surface area contributed by atoms with E-state index in [-0.39, 0.29) is 18.3 Å². The minimum atomic E-state index is 0.214. The van der Waals surface area contributed by atoms with Gasteiger partial charge in [0, 0.05) is 10.4 Å². The van der Waals surface area contributed by atoms with Crippen LogP contribution in [0.15, 0.2) is 22.7 Å². The van der Waals surface area contributed by atoms with Crippen molar-refractivity contribution >= 4 is 21.7 Å². The molecule has 3 heteroatoms. The molecule has 0 spiro atoms. The molecule has 1 aromatic rings. The number of Topliss-reactive ketones (excluding diaryl/α,β-unsaturated/α-hetero) is 1. The second kappa shape index (κ2) is 4.35. The largest absolute Gasteiger partial charge is 0.486 e. The van der Waals surface area contributed by atoms with Crippen molar-refractivity contribution in [3.05, 3.63) is 28.2 Å². The van der Waals surface area contributed by atoms with Gasteiger partial charge in [0.15, 0.2) is 5.78 Å². The number of hydrogen-bond donors (Lipinski definition) is 0. The molecule has 80 valence electrons. The molecule has 0 unspecified atom stereocenters. The van der Waals surface area contributed by atoms with Crippen LogP contribution in [-0.4, -0.2) is 12.4 Å². The Kier molecular flexibility index (Phi) is 3.10. The second-order valence-electron chi connectivity index (χ2n) is 3.94. The zero-order valence-electron chi connectivity index (χ0n) is 8.63. The Bertz CT molecular complexity index is 383. The van der Waals surface area contributed by atoms with Gasteiger partial charge >= 0.3 is 0 Å². The number of benzene rings is 1. The Morgan fingerprint density at radius 1 is 1.53 bits per heavy atom. The molecule has 0 bridgehead atoms. The van der Waals surface area contributed by atoms with Crippen molar-refractivity contribution in [3.8, 4) is 5.75 Å². The summed E-state index contributed by atoms with van der Waals surface area (Å²) in [5, 5.41) is 0. The Balaban J connectivity index is 1.92. The van der Waals surface area contributed by atoms with Crippen molar-refractivity contribution in [3.63, 3.8) is 0 Å². The second-order valence-corrected chi connectivity index (χ2v) is 4.79. The van der Waals surface area contributed by atoms with Gasteiger partial charge in [-0.25, -0.2) is 0 Å². The summed E-state index contributed by atoms with van der Waals surface area (Å²) >= 11 is 3.42. The molecule has 0 N–H and O–H groups in total. The number of carbonyl (C=O) groups excluding carboxylic acids is 1. The summed E-state index contributed by atoms with van der Waals surface area (Å²) in [5.74, 6) is 1.28. The molecular formula is C12H13BrO2. The first-order valence-corrected chi connectivity index (χ1v) is 5.88. The van der Waals surface area contributed by atoms with Crippen LogP contribution < -0.4 is 4.74 Å². The average molecular weight is 269 g/mol. The highest BCUT2D eigenvalue weighted by Gasteiger charge is 2.29. The fourth-order valence-electron chi connectivity index (χ4n) is 1.38. The van der Waals surface area contributed by atoms with E-state index < -0.39 is 0 Å². The number of rotatable bonds is 4. The zero-order chi connectivity index (χ0) is 10.8. The van der Waals surface area contributed by atoms with Crippen molar-refractivity contribution in [2.75, 3.05) is 6.61 Å². The molecule has 0 aliphatic heterocycles. The summed E-state index contributed by atoms with van der Waals surface area (Å²) in [6.07, 6.45) is 2.09. The Hall–Kier alpha value is -0.830. The van der Waals surface area contributed by atoms with Crippen molar-refractivity contribution in [2.45, 2.75) is 19.8 Å². The van der Waals surface area contributed by atoms with E-state index in [1.807, 2.05) is 25.1 Å². The Morgan fingerprint density at radius 3 is 2.87 bits per heavy atom. The average Bonchev–Trinajstić information content (AvgIpc) is 3.03. The number of ketones is 1. The molecule has 1 aromatic carbocycles. The van der Waals surface area contributed by atoms with Gasteiger partial charge in [-0.05, 0) is 43.5 Å². The van der Waals surface area contributed by atoms with Crippen LogP contribution in [0.3, 0.4) is 0 Å². The molecule has 1 fully saturated rings. The van der Waals surface area contributed by atoms with Gasteiger partial charge < -0.3 is 4.74 Å². The number of hydrogen-bond acceptors (Lipinski definition) is 2. The first kappa shape index (κ1) is 10.7. The van der Waals surface area contributed by atoms with E-state index >= 15 is 0 Å². The topological polar surface area (TPSA) is 26.3 Å². The van der Waals surface area contributed by atoms with Gasteiger partial charge in [0.2, 0.25) is 0 Å². The summed E-state index contributed by atoms with van der Waals surface area (Å²) in [6, 6.07) is 5.74. The van der Waals surface area contributed by atoms with Crippen LogP contribution in [0.1, 0.15) is 18.4 Å². The van der Waals surface area contributed by atoms with Gasteiger partial charge in [-0.3, -0.25) is 4.79 Å². The molecule has 0 amide bonds. The molecule has 0 aromatic heterocycles. The van der Waals surface area contributed by atoms with Crippen molar-refractivity contribution < 1.29 is 9.53 Å². The van der Waals surface area contributed by atoms with E-state index in [9.17, 15) is 4.79 Å². The lowest BCUT2D eigenvalue weighted by Gasteiger charge is -2.06. The third-order valence-corrected chi connectivity index (χ3v) is 3.43. The third kappa shape index (κ3) is 2.81. The highest BCUT2D eigenvalue weighted by atomic mass is 79.9. The monoisotopic (exact) mass is 268 g/mol. The number of carbonyl (C=O) groups is 1. The maximum absolute atomic E-state index is 11.4. The van der Waals surface area contributed by atoms with E-state index in [2.05, 4.69) is 15.9 Å². The predicted molar refractivity (Wildman–Crippen MR) is 62.1 cm³/mol. The van der Waals surface area contributed by atoms with Crippen LogP contribution in [0.5, 0.6) is 5.75 Å². The molecule has 1 aliphatic carbocycles. The zero-order valence-corrected chi connectivity index (χ0v) is 10.2. The Labute approximate surface area is 97.8 Å². The molecule has 2 rings (SSSR count). The van der Waals surface area contributed by atoms with E-state index in [4.69, 9.17) is 4.74 Å². The van der Waals surface area contributed by atoms with E-state index in [0.29, 0.717) is 0 Å². The molecular weight excluding hydrogens is 256 g/mol. The maximum atomic E-state index is 11.4. The minimum absolute atomic E-state index is 0.214. The van der Waals surface area contributed by atoms with Crippen LogP contribution in [0.4, 0.5) is 0 Å². The normalized spacial score (nSPS) is 15.1. The Morgan fingerprint density at radius 2 is 2.27 bits per heavy atom. The predicted octanol–water partition coefficient (Wildman–Crippen LogP) is 3.12. The highest BCUT2D eigenvalue weighted by Crippen LogP contribution is 2.30. The summed E-state index contributed by atoms with van der Waals surface area (Å²) in [7, 11) is 0. The molecule has 15 heavy (non-hydrogen) atoms. The van der Waals surface area contributed by atoms with E-state index in [0.717, 1.165) is 28.6 Å². The summed E-state index contributed by atoms with van der Waals surface area (Å²) in [5.41, 5.74) is 1.12. The van der Waals surface area contributed by atoms with Crippen molar-refractivity contribution in [1.82, 2.24) is 0 Å². The lowest BCUT2D eigenvalue weighted by atomic mass is 10.2. The molecule has 0 atom stereocenters. The van der Waals surface area contributed by atoms with E-state index in [1.165, 1.54) is 0 Å². The summed E-state index contributed by atoms with van der Waals surface area (Å²) < 4.78 is 6.49. The summed E-state index contributed by atoms with van der Waals surface area (Å²) in [4.78, 5) is 11.4. The van der Waals surface area contributed by atoms with Crippen LogP contribution in [0, 0.1) is 12.8 Å².